The molecule has 1 N–H and O–H groups in total. The molecule has 0 heterocycles. The van der Waals surface area contributed by atoms with Gasteiger partial charge in [0.25, 0.3) is 5.91 Å². The second-order valence-electron chi connectivity index (χ2n) is 4.56. The Balaban J connectivity index is 2.05. The normalized spacial score (nSPS) is 10.3. The molecule has 2 aromatic rings. The molecule has 0 bridgehead atoms. The number of carbonyl (C=O) groups is 1. The summed E-state index contributed by atoms with van der Waals surface area (Å²) in [6.07, 6.45) is 0. The van der Waals surface area contributed by atoms with E-state index in [1.54, 1.807) is 0 Å². The van der Waals surface area contributed by atoms with Gasteiger partial charge in [0.15, 0.2) is 0 Å². The quantitative estimate of drug-likeness (QED) is 0.911. The summed E-state index contributed by atoms with van der Waals surface area (Å²) in [5.74, 6) is -0.0240. The lowest BCUT2D eigenvalue weighted by molar-refractivity contribution is 0.0950. The molecule has 2 rings (SSSR count). The fourth-order valence-corrected chi connectivity index (χ4v) is 2.14. The smallest absolute Gasteiger partial charge is 0.251 e. The molecule has 0 saturated heterocycles. The van der Waals surface area contributed by atoms with Crippen LogP contribution in [0.3, 0.4) is 0 Å². The van der Waals surface area contributed by atoms with Crippen molar-refractivity contribution in [1.29, 1.82) is 0 Å². The maximum Gasteiger partial charge on any atom is 0.251 e. The maximum absolute atomic E-state index is 12.1. The topological polar surface area (TPSA) is 29.1 Å². The molecule has 3 heteroatoms. The van der Waals surface area contributed by atoms with Crippen molar-refractivity contribution in [2.75, 3.05) is 0 Å². The minimum Gasteiger partial charge on any atom is -0.348 e. The Kier molecular flexibility index (Phi) is 4.38. The van der Waals surface area contributed by atoms with Gasteiger partial charge in [-0.15, -0.1) is 0 Å². The van der Waals surface area contributed by atoms with Gasteiger partial charge in [-0.3, -0.25) is 4.79 Å². The highest BCUT2D eigenvalue weighted by molar-refractivity contribution is 9.10. The molecule has 0 atom stereocenters. The van der Waals surface area contributed by atoms with Crippen LogP contribution in [0.4, 0.5) is 0 Å². The average molecular weight is 318 g/mol. The third-order valence-electron chi connectivity index (χ3n) is 3.22. The van der Waals surface area contributed by atoms with Crippen molar-refractivity contribution in [3.8, 4) is 0 Å². The van der Waals surface area contributed by atoms with E-state index in [4.69, 9.17) is 0 Å². The van der Waals surface area contributed by atoms with Gasteiger partial charge >= 0.3 is 0 Å². The lowest BCUT2D eigenvalue weighted by Crippen LogP contribution is -2.23. The second kappa shape index (κ2) is 6.02. The summed E-state index contributed by atoms with van der Waals surface area (Å²) in [5.41, 5.74) is 4.01. The summed E-state index contributed by atoms with van der Waals surface area (Å²) in [5, 5.41) is 2.95. The van der Waals surface area contributed by atoms with E-state index in [1.807, 2.05) is 56.3 Å². The number of hydrogen-bond donors (Lipinski definition) is 1. The van der Waals surface area contributed by atoms with E-state index in [2.05, 4.69) is 21.2 Å². The van der Waals surface area contributed by atoms with Crippen molar-refractivity contribution in [3.05, 3.63) is 69.2 Å². The van der Waals surface area contributed by atoms with Gasteiger partial charge in [-0.25, -0.2) is 0 Å². The number of carbonyl (C=O) groups excluding carboxylic acids is 1. The Labute approximate surface area is 122 Å². The largest absolute Gasteiger partial charge is 0.348 e. The number of amides is 1. The highest BCUT2D eigenvalue weighted by Gasteiger charge is 2.09. The molecule has 2 nitrogen and oxygen atoms in total. The first-order valence-corrected chi connectivity index (χ1v) is 6.96. The van der Waals surface area contributed by atoms with Crippen LogP contribution in [-0.2, 0) is 6.54 Å². The molecule has 0 fully saturated rings. The fraction of sp³-hybridized carbons (Fsp3) is 0.188. The molecule has 0 radical (unpaired) electrons. The van der Waals surface area contributed by atoms with Crippen LogP contribution in [0.15, 0.2) is 46.9 Å². The Hall–Kier alpha value is -1.61. The first kappa shape index (κ1) is 13.8. The number of rotatable bonds is 3. The summed E-state index contributed by atoms with van der Waals surface area (Å²) in [6, 6.07) is 13.7. The molecule has 0 aliphatic heterocycles. The van der Waals surface area contributed by atoms with Gasteiger partial charge in [-0.05, 0) is 48.7 Å². The molecule has 0 aliphatic carbocycles. The van der Waals surface area contributed by atoms with Crippen molar-refractivity contribution in [2.24, 2.45) is 0 Å². The van der Waals surface area contributed by atoms with E-state index in [1.165, 1.54) is 0 Å². The van der Waals surface area contributed by atoms with Crippen LogP contribution < -0.4 is 5.32 Å². The first-order valence-electron chi connectivity index (χ1n) is 6.17. The number of aryl methyl sites for hydroxylation is 1. The third-order valence-corrected chi connectivity index (χ3v) is 3.74. The molecule has 0 saturated carbocycles. The molecular formula is C16H16BrNO. The lowest BCUT2D eigenvalue weighted by atomic mass is 10.0. The van der Waals surface area contributed by atoms with Crippen molar-refractivity contribution in [1.82, 2.24) is 5.32 Å². The minimum atomic E-state index is -0.0240. The first-order chi connectivity index (χ1) is 9.08. The zero-order chi connectivity index (χ0) is 13.8. The standard InChI is InChI=1S/C16H16BrNO/c1-11-4-3-5-15(12(11)2)16(19)18-10-13-6-8-14(17)9-7-13/h3-9H,10H2,1-2H3,(H,18,19). The highest BCUT2D eigenvalue weighted by Crippen LogP contribution is 2.13. The van der Waals surface area contributed by atoms with Crippen LogP contribution in [-0.4, -0.2) is 5.91 Å². The molecule has 2 aromatic carbocycles. The van der Waals surface area contributed by atoms with E-state index >= 15 is 0 Å². The van der Waals surface area contributed by atoms with Gasteiger partial charge in [0, 0.05) is 16.6 Å². The predicted octanol–water partition coefficient (Wildman–Crippen LogP) is 4.00. The minimum absolute atomic E-state index is 0.0240. The molecular weight excluding hydrogens is 302 g/mol. The zero-order valence-electron chi connectivity index (χ0n) is 11.0. The molecule has 98 valence electrons. The summed E-state index contributed by atoms with van der Waals surface area (Å²) < 4.78 is 1.04. The van der Waals surface area contributed by atoms with Gasteiger partial charge in [-0.1, -0.05) is 40.2 Å². The van der Waals surface area contributed by atoms with Crippen LogP contribution in [0.5, 0.6) is 0 Å². The number of halogens is 1. The van der Waals surface area contributed by atoms with Crippen molar-refractivity contribution < 1.29 is 4.79 Å². The van der Waals surface area contributed by atoms with Crippen LogP contribution in [0, 0.1) is 13.8 Å². The van der Waals surface area contributed by atoms with E-state index < -0.39 is 0 Å². The van der Waals surface area contributed by atoms with Crippen molar-refractivity contribution in [2.45, 2.75) is 20.4 Å². The summed E-state index contributed by atoms with van der Waals surface area (Å²) in [7, 11) is 0. The average Bonchev–Trinajstić information content (AvgIpc) is 2.41. The highest BCUT2D eigenvalue weighted by atomic mass is 79.9. The fourth-order valence-electron chi connectivity index (χ4n) is 1.88. The Morgan fingerprint density at radius 3 is 2.47 bits per heavy atom. The summed E-state index contributed by atoms with van der Waals surface area (Å²) in [6.45, 7) is 4.53. The SMILES string of the molecule is Cc1cccc(C(=O)NCc2ccc(Br)cc2)c1C. The van der Waals surface area contributed by atoms with Crippen molar-refractivity contribution in [3.63, 3.8) is 0 Å². The molecule has 0 unspecified atom stereocenters. The van der Waals surface area contributed by atoms with Gasteiger partial charge < -0.3 is 5.32 Å². The van der Waals surface area contributed by atoms with Crippen molar-refractivity contribution >= 4 is 21.8 Å². The Bertz CT molecular complexity index is 590. The van der Waals surface area contributed by atoms with Crippen LogP contribution in [0.25, 0.3) is 0 Å². The molecule has 19 heavy (non-hydrogen) atoms. The maximum atomic E-state index is 12.1. The van der Waals surface area contributed by atoms with Gasteiger partial charge in [0.1, 0.15) is 0 Å². The molecule has 1 amide bonds. The van der Waals surface area contributed by atoms with Crippen LogP contribution >= 0.6 is 15.9 Å². The summed E-state index contributed by atoms with van der Waals surface area (Å²) in [4.78, 5) is 12.1. The molecule has 0 spiro atoms. The third kappa shape index (κ3) is 3.44. The van der Waals surface area contributed by atoms with Gasteiger partial charge in [-0.2, -0.15) is 0 Å². The van der Waals surface area contributed by atoms with Crippen LogP contribution in [0.2, 0.25) is 0 Å². The van der Waals surface area contributed by atoms with E-state index in [0.717, 1.165) is 26.7 Å². The van der Waals surface area contributed by atoms with Gasteiger partial charge in [0.05, 0.1) is 0 Å². The zero-order valence-corrected chi connectivity index (χ0v) is 12.6. The molecule has 0 aliphatic rings. The predicted molar refractivity (Wildman–Crippen MR) is 81.2 cm³/mol. The van der Waals surface area contributed by atoms with Gasteiger partial charge in [0.2, 0.25) is 0 Å². The Morgan fingerprint density at radius 2 is 1.79 bits per heavy atom. The van der Waals surface area contributed by atoms with E-state index in [9.17, 15) is 4.79 Å². The van der Waals surface area contributed by atoms with E-state index in [0.29, 0.717) is 6.54 Å². The number of benzene rings is 2. The Morgan fingerprint density at radius 1 is 1.11 bits per heavy atom. The molecule has 0 aromatic heterocycles. The number of nitrogens with one attached hydrogen (secondary N) is 1. The monoisotopic (exact) mass is 317 g/mol. The van der Waals surface area contributed by atoms with E-state index in [-0.39, 0.29) is 5.91 Å². The second-order valence-corrected chi connectivity index (χ2v) is 5.47. The number of hydrogen-bond acceptors (Lipinski definition) is 1. The van der Waals surface area contributed by atoms with Crippen LogP contribution in [0.1, 0.15) is 27.0 Å². The lowest BCUT2D eigenvalue weighted by Gasteiger charge is -2.09. The summed E-state index contributed by atoms with van der Waals surface area (Å²) >= 11 is 3.39.